The third kappa shape index (κ3) is 2.72. The standard InChI is InChI=1S/C21H27N2O2P/c1-21(14-8-13-20(24)17-21)26(25)22(18-9-4-2-5-10-18)15-16-23(26)19-11-6-3-7-12-19/h2-7,9-12,25-26H,8,13-17H2,1H3. The molecule has 5 heteroatoms. The molecule has 0 aromatic heterocycles. The number of rotatable bonds is 3. The molecule has 1 N–H and O–H groups in total. The van der Waals surface area contributed by atoms with Gasteiger partial charge in [0.05, 0.1) is 0 Å². The molecule has 2 aliphatic rings. The van der Waals surface area contributed by atoms with Crippen molar-refractivity contribution >= 4 is 24.9 Å². The molecule has 0 spiro atoms. The number of ketones is 1. The molecule has 1 saturated heterocycles. The SMILES string of the molecule is CC1([PH]2(O)N(c3ccccc3)CCN2c2ccccc2)CCCC(=O)C1. The van der Waals surface area contributed by atoms with Crippen LogP contribution in [0.25, 0.3) is 0 Å². The summed E-state index contributed by atoms with van der Waals surface area (Å²) in [5.41, 5.74) is 2.11. The number of hydrogen-bond acceptors (Lipinski definition) is 4. The van der Waals surface area contributed by atoms with Crippen molar-refractivity contribution in [3.05, 3.63) is 60.7 Å². The van der Waals surface area contributed by atoms with E-state index in [0.29, 0.717) is 12.8 Å². The van der Waals surface area contributed by atoms with E-state index < -0.39 is 7.79 Å². The molecule has 1 aliphatic carbocycles. The molecule has 0 radical (unpaired) electrons. The van der Waals surface area contributed by atoms with Gasteiger partial charge in [-0.3, -0.25) is 0 Å². The maximum absolute atomic E-state index is 12.4. The van der Waals surface area contributed by atoms with Crippen LogP contribution < -0.4 is 9.34 Å². The molecule has 4 nitrogen and oxygen atoms in total. The van der Waals surface area contributed by atoms with Crippen LogP contribution in [-0.2, 0) is 4.79 Å². The van der Waals surface area contributed by atoms with Gasteiger partial charge in [0.15, 0.2) is 0 Å². The third-order valence-corrected chi connectivity index (χ3v) is 10.5. The van der Waals surface area contributed by atoms with Gasteiger partial charge in [0.1, 0.15) is 0 Å². The van der Waals surface area contributed by atoms with Crippen molar-refractivity contribution in [3.8, 4) is 0 Å². The zero-order chi connectivity index (χ0) is 18.2. The Balaban J connectivity index is 1.83. The van der Waals surface area contributed by atoms with E-state index in [-0.39, 0.29) is 10.9 Å². The molecule has 1 saturated carbocycles. The van der Waals surface area contributed by atoms with Crippen LogP contribution in [0.4, 0.5) is 11.4 Å². The molecule has 138 valence electrons. The van der Waals surface area contributed by atoms with Crippen molar-refractivity contribution in [3.63, 3.8) is 0 Å². The minimum absolute atomic E-state index is 0.285. The second-order valence-corrected chi connectivity index (χ2v) is 11.3. The Morgan fingerprint density at radius 1 is 0.923 bits per heavy atom. The van der Waals surface area contributed by atoms with Gasteiger partial charge in [0, 0.05) is 0 Å². The van der Waals surface area contributed by atoms with Crippen LogP contribution in [0.1, 0.15) is 32.6 Å². The van der Waals surface area contributed by atoms with Crippen molar-refractivity contribution in [2.24, 2.45) is 0 Å². The normalized spacial score (nSPS) is 26.8. The zero-order valence-electron chi connectivity index (χ0n) is 15.3. The van der Waals surface area contributed by atoms with Crippen molar-refractivity contribution in [2.75, 3.05) is 22.4 Å². The summed E-state index contributed by atoms with van der Waals surface area (Å²) < 4.78 is 4.44. The van der Waals surface area contributed by atoms with Crippen molar-refractivity contribution < 1.29 is 9.69 Å². The molecule has 1 atom stereocenters. The Morgan fingerprint density at radius 2 is 1.42 bits per heavy atom. The average Bonchev–Trinajstić information content (AvgIpc) is 3.02. The van der Waals surface area contributed by atoms with Gasteiger partial charge in [0.2, 0.25) is 0 Å². The van der Waals surface area contributed by atoms with E-state index in [4.69, 9.17) is 0 Å². The van der Waals surface area contributed by atoms with E-state index in [0.717, 1.165) is 37.3 Å². The summed E-state index contributed by atoms with van der Waals surface area (Å²) in [5, 5.41) is -0.384. The topological polar surface area (TPSA) is 43.8 Å². The molecule has 2 aromatic carbocycles. The third-order valence-electron chi connectivity index (χ3n) is 6.02. The number of hydrogen-bond donors (Lipinski definition) is 1. The quantitative estimate of drug-likeness (QED) is 0.813. The van der Waals surface area contributed by atoms with Gasteiger partial charge in [-0.2, -0.15) is 0 Å². The van der Waals surface area contributed by atoms with E-state index >= 15 is 0 Å². The van der Waals surface area contributed by atoms with E-state index in [2.05, 4.69) is 40.5 Å². The van der Waals surface area contributed by atoms with Gasteiger partial charge < -0.3 is 0 Å². The first-order valence-electron chi connectivity index (χ1n) is 9.44. The summed E-state index contributed by atoms with van der Waals surface area (Å²) in [6.45, 7) is 3.70. The van der Waals surface area contributed by atoms with Gasteiger partial charge >= 0.3 is 155 Å². The molecule has 1 unspecified atom stereocenters. The fourth-order valence-corrected chi connectivity index (χ4v) is 9.10. The van der Waals surface area contributed by atoms with E-state index in [9.17, 15) is 9.69 Å². The molecule has 0 amide bonds. The van der Waals surface area contributed by atoms with E-state index in [1.807, 2.05) is 36.4 Å². The zero-order valence-corrected chi connectivity index (χ0v) is 16.3. The number of para-hydroxylation sites is 2. The van der Waals surface area contributed by atoms with Crippen LogP contribution in [0.15, 0.2) is 60.7 Å². The predicted octanol–water partition coefficient (Wildman–Crippen LogP) is 4.40. The Hall–Kier alpha value is -1.90. The molecule has 2 fully saturated rings. The summed E-state index contributed by atoms with van der Waals surface area (Å²) >= 11 is 0. The van der Waals surface area contributed by atoms with Crippen molar-refractivity contribution in [1.82, 2.24) is 0 Å². The Bertz CT molecular complexity index is 736. The Morgan fingerprint density at radius 3 is 1.88 bits per heavy atom. The first-order valence-corrected chi connectivity index (χ1v) is 11.3. The summed E-state index contributed by atoms with van der Waals surface area (Å²) in [4.78, 5) is 24.7. The first-order chi connectivity index (χ1) is 12.5. The Kier molecular flexibility index (Phi) is 4.50. The molecular formula is C21H27N2O2P. The summed E-state index contributed by atoms with van der Waals surface area (Å²) in [6.07, 6.45) is 2.89. The number of carbonyl (C=O) groups excluding carboxylic acids is 1. The molecule has 0 bridgehead atoms. The van der Waals surface area contributed by atoms with Crippen LogP contribution in [0.2, 0.25) is 0 Å². The number of anilines is 2. The van der Waals surface area contributed by atoms with Gasteiger partial charge in [-0.15, -0.1) is 0 Å². The predicted molar refractivity (Wildman–Crippen MR) is 110 cm³/mol. The fourth-order valence-electron chi connectivity index (χ4n) is 4.72. The van der Waals surface area contributed by atoms with Crippen molar-refractivity contribution in [2.45, 2.75) is 37.8 Å². The van der Waals surface area contributed by atoms with Crippen LogP contribution in [0.5, 0.6) is 0 Å². The minimum atomic E-state index is -3.15. The summed E-state index contributed by atoms with van der Waals surface area (Å²) in [6, 6.07) is 20.4. The molecule has 26 heavy (non-hydrogen) atoms. The molecular weight excluding hydrogens is 343 g/mol. The molecule has 4 rings (SSSR count). The average molecular weight is 370 g/mol. The van der Waals surface area contributed by atoms with E-state index in [1.165, 1.54) is 0 Å². The van der Waals surface area contributed by atoms with Gasteiger partial charge in [-0.1, -0.05) is 0 Å². The van der Waals surface area contributed by atoms with Crippen LogP contribution >= 0.6 is 7.79 Å². The molecule has 2 aromatic rings. The number of benzene rings is 2. The van der Waals surface area contributed by atoms with Crippen molar-refractivity contribution in [1.29, 1.82) is 0 Å². The second kappa shape index (κ2) is 6.68. The molecule has 1 heterocycles. The second-order valence-electron chi connectivity index (χ2n) is 7.74. The maximum atomic E-state index is 12.4. The summed E-state index contributed by atoms with van der Waals surface area (Å²) in [5.74, 6) is 0.285. The Labute approximate surface area is 156 Å². The van der Waals surface area contributed by atoms with E-state index in [1.54, 1.807) is 0 Å². The van der Waals surface area contributed by atoms with Crippen LogP contribution in [0, 0.1) is 0 Å². The fraction of sp³-hybridized carbons (Fsp3) is 0.381. The monoisotopic (exact) mass is 370 g/mol. The molecule has 1 aliphatic heterocycles. The number of nitrogens with zero attached hydrogens (tertiary/aromatic N) is 2. The van der Waals surface area contributed by atoms with Crippen LogP contribution in [-0.4, -0.2) is 28.9 Å². The van der Waals surface area contributed by atoms with Crippen LogP contribution in [0.3, 0.4) is 0 Å². The van der Waals surface area contributed by atoms with Gasteiger partial charge in [0.25, 0.3) is 0 Å². The number of Topliss-reactive ketones (excluding diaryl/α,β-unsaturated/α-hetero) is 1. The summed E-state index contributed by atoms with van der Waals surface area (Å²) in [7, 11) is -3.15. The first kappa shape index (κ1) is 17.5. The number of carbonyl (C=O) groups is 1. The van der Waals surface area contributed by atoms with Gasteiger partial charge in [-0.05, 0) is 0 Å². The van der Waals surface area contributed by atoms with Gasteiger partial charge in [-0.25, -0.2) is 0 Å².